The molecule has 1 aliphatic rings. The fourth-order valence-electron chi connectivity index (χ4n) is 1.95. The van der Waals surface area contributed by atoms with Crippen molar-refractivity contribution >= 4 is 11.8 Å². The van der Waals surface area contributed by atoms with E-state index in [-0.39, 0.29) is 17.9 Å². The Morgan fingerprint density at radius 2 is 2.19 bits per heavy atom. The second-order valence-corrected chi connectivity index (χ2v) is 4.16. The van der Waals surface area contributed by atoms with Crippen molar-refractivity contribution in [2.75, 3.05) is 13.2 Å². The quantitative estimate of drug-likeness (QED) is 0.778. The van der Waals surface area contributed by atoms with E-state index in [2.05, 4.69) is 5.32 Å². The van der Waals surface area contributed by atoms with Gasteiger partial charge in [0, 0.05) is 19.0 Å². The number of nitrogens with zero attached hydrogens (tertiary/aromatic N) is 1. The number of carbonyl (C=O) groups is 2. The van der Waals surface area contributed by atoms with Crippen molar-refractivity contribution in [1.29, 1.82) is 0 Å². The van der Waals surface area contributed by atoms with Gasteiger partial charge in [-0.2, -0.15) is 0 Å². The Labute approximate surface area is 95.2 Å². The van der Waals surface area contributed by atoms with Crippen molar-refractivity contribution < 1.29 is 14.0 Å². The molecule has 1 heterocycles. The van der Waals surface area contributed by atoms with Gasteiger partial charge in [0.05, 0.1) is 6.67 Å². The lowest BCUT2D eigenvalue weighted by Gasteiger charge is -2.28. The van der Waals surface area contributed by atoms with Crippen molar-refractivity contribution in [2.24, 2.45) is 0 Å². The highest BCUT2D eigenvalue weighted by molar-refractivity contribution is 5.90. The third-order valence-corrected chi connectivity index (χ3v) is 2.87. The molecule has 2 atom stereocenters. The van der Waals surface area contributed by atoms with Crippen molar-refractivity contribution in [3.8, 4) is 0 Å². The molecule has 0 spiro atoms. The first-order valence-corrected chi connectivity index (χ1v) is 5.76. The van der Waals surface area contributed by atoms with Gasteiger partial charge < -0.3 is 10.2 Å². The molecule has 0 bridgehead atoms. The molecule has 1 N–H and O–H groups in total. The summed E-state index contributed by atoms with van der Waals surface area (Å²) >= 11 is 0. The van der Waals surface area contributed by atoms with E-state index in [4.69, 9.17) is 0 Å². The van der Waals surface area contributed by atoms with Gasteiger partial charge in [-0.1, -0.05) is 6.92 Å². The summed E-state index contributed by atoms with van der Waals surface area (Å²) < 4.78 is 12.1. The number of rotatable bonds is 4. The lowest BCUT2D eigenvalue weighted by Crippen LogP contribution is -2.46. The second-order valence-electron chi connectivity index (χ2n) is 4.16. The maximum absolute atomic E-state index is 12.1. The summed E-state index contributed by atoms with van der Waals surface area (Å²) in [6, 6.07) is -0.590. The molecule has 0 radical (unpaired) electrons. The second kappa shape index (κ2) is 5.82. The van der Waals surface area contributed by atoms with Gasteiger partial charge in [0.25, 0.3) is 0 Å². The summed E-state index contributed by atoms with van der Waals surface area (Å²) in [5.74, 6) is -0.190. The molecule has 4 nitrogen and oxygen atoms in total. The topological polar surface area (TPSA) is 49.4 Å². The smallest absolute Gasteiger partial charge is 0.245 e. The van der Waals surface area contributed by atoms with Crippen LogP contribution in [0, 0.1) is 0 Å². The predicted octanol–water partition coefficient (Wildman–Crippen LogP) is 0.862. The molecule has 1 saturated heterocycles. The number of hydrogen-bond acceptors (Lipinski definition) is 2. The maximum atomic E-state index is 12.1. The summed E-state index contributed by atoms with van der Waals surface area (Å²) in [6.45, 7) is 3.64. The van der Waals surface area contributed by atoms with E-state index in [9.17, 15) is 14.0 Å². The first-order chi connectivity index (χ1) is 7.60. The highest BCUT2D eigenvalue weighted by atomic mass is 19.1. The fraction of sp³-hybridized carbons (Fsp3) is 0.818. The lowest BCUT2D eigenvalue weighted by molar-refractivity contribution is -0.135. The number of alkyl halides is 1. The number of carbonyl (C=O) groups excluding carboxylic acids is 2. The monoisotopic (exact) mass is 230 g/mol. The first kappa shape index (κ1) is 12.9. The Kier molecular flexibility index (Phi) is 4.71. The van der Waals surface area contributed by atoms with Crippen LogP contribution >= 0.6 is 0 Å². The molecule has 1 rings (SSSR count). The van der Waals surface area contributed by atoms with Crippen LogP contribution in [0.15, 0.2) is 0 Å². The summed E-state index contributed by atoms with van der Waals surface area (Å²) in [5, 5.41) is 2.69. The molecule has 92 valence electrons. The SMILES string of the molecule is CCC1NC(=O)CC(C)N(CCCF)C1=O. The number of amides is 2. The van der Waals surface area contributed by atoms with E-state index in [1.807, 2.05) is 13.8 Å². The van der Waals surface area contributed by atoms with Gasteiger partial charge in [0.2, 0.25) is 11.8 Å². The van der Waals surface area contributed by atoms with E-state index >= 15 is 0 Å². The lowest BCUT2D eigenvalue weighted by atomic mass is 10.1. The summed E-state index contributed by atoms with van der Waals surface area (Å²) in [4.78, 5) is 25.1. The Bertz CT molecular complexity index is 271. The molecule has 0 aromatic carbocycles. The molecule has 1 aliphatic heterocycles. The standard InChI is InChI=1S/C11H19FN2O2/c1-3-9-11(16)14(6-4-5-12)8(2)7-10(15)13-9/h8-9H,3-7H2,1-2H3,(H,13,15). The minimum atomic E-state index is -0.447. The highest BCUT2D eigenvalue weighted by Crippen LogP contribution is 2.13. The Morgan fingerprint density at radius 1 is 1.50 bits per heavy atom. The average molecular weight is 230 g/mol. The zero-order valence-corrected chi connectivity index (χ0v) is 9.83. The summed E-state index contributed by atoms with van der Waals surface area (Å²) in [6.07, 6.45) is 1.21. The largest absolute Gasteiger partial charge is 0.344 e. The maximum Gasteiger partial charge on any atom is 0.245 e. The molecule has 5 heteroatoms. The molecule has 16 heavy (non-hydrogen) atoms. The van der Waals surface area contributed by atoms with Gasteiger partial charge in [-0.3, -0.25) is 14.0 Å². The third kappa shape index (κ3) is 2.93. The van der Waals surface area contributed by atoms with E-state index in [0.717, 1.165) is 0 Å². The van der Waals surface area contributed by atoms with Crippen LogP contribution in [0.5, 0.6) is 0 Å². The number of halogens is 1. The van der Waals surface area contributed by atoms with Gasteiger partial charge in [0.15, 0.2) is 0 Å². The van der Waals surface area contributed by atoms with Crippen molar-refractivity contribution in [3.05, 3.63) is 0 Å². The first-order valence-electron chi connectivity index (χ1n) is 5.76. The highest BCUT2D eigenvalue weighted by Gasteiger charge is 2.32. The Balaban J connectivity index is 2.77. The molecule has 1 fully saturated rings. The number of nitrogens with one attached hydrogen (secondary N) is 1. The average Bonchev–Trinajstić information content (AvgIpc) is 2.34. The van der Waals surface area contributed by atoms with Crippen LogP contribution in [0.3, 0.4) is 0 Å². The van der Waals surface area contributed by atoms with Gasteiger partial charge in [-0.25, -0.2) is 0 Å². The van der Waals surface area contributed by atoms with E-state index in [1.54, 1.807) is 4.90 Å². The Morgan fingerprint density at radius 3 is 2.75 bits per heavy atom. The van der Waals surface area contributed by atoms with Crippen LogP contribution in [0.1, 0.15) is 33.1 Å². The minimum absolute atomic E-state index is 0.0886. The van der Waals surface area contributed by atoms with E-state index in [1.165, 1.54) is 0 Å². The van der Waals surface area contributed by atoms with Gasteiger partial charge in [0.1, 0.15) is 6.04 Å². The predicted molar refractivity (Wildman–Crippen MR) is 58.6 cm³/mol. The summed E-state index contributed by atoms with van der Waals surface area (Å²) in [7, 11) is 0. The fourth-order valence-corrected chi connectivity index (χ4v) is 1.95. The van der Waals surface area contributed by atoms with Crippen LogP contribution in [0.25, 0.3) is 0 Å². The van der Waals surface area contributed by atoms with Gasteiger partial charge >= 0.3 is 0 Å². The molecule has 0 saturated carbocycles. The molecule has 0 aromatic rings. The van der Waals surface area contributed by atoms with Crippen molar-refractivity contribution in [3.63, 3.8) is 0 Å². The van der Waals surface area contributed by atoms with Gasteiger partial charge in [-0.15, -0.1) is 0 Å². The molecule has 0 aliphatic carbocycles. The minimum Gasteiger partial charge on any atom is -0.344 e. The van der Waals surface area contributed by atoms with Crippen LogP contribution in [0.4, 0.5) is 4.39 Å². The molecule has 2 amide bonds. The molecular weight excluding hydrogens is 211 g/mol. The number of hydrogen-bond donors (Lipinski definition) is 1. The zero-order chi connectivity index (χ0) is 12.1. The molecule has 2 unspecified atom stereocenters. The van der Waals surface area contributed by atoms with E-state index < -0.39 is 12.7 Å². The normalized spacial score (nSPS) is 26.6. The molecular formula is C11H19FN2O2. The third-order valence-electron chi connectivity index (χ3n) is 2.87. The van der Waals surface area contributed by atoms with E-state index in [0.29, 0.717) is 25.8 Å². The van der Waals surface area contributed by atoms with Crippen LogP contribution in [-0.4, -0.2) is 42.0 Å². The zero-order valence-electron chi connectivity index (χ0n) is 9.83. The van der Waals surface area contributed by atoms with Crippen LogP contribution in [0.2, 0.25) is 0 Å². The molecule has 0 aromatic heterocycles. The van der Waals surface area contributed by atoms with Crippen LogP contribution in [-0.2, 0) is 9.59 Å². The van der Waals surface area contributed by atoms with Gasteiger partial charge in [-0.05, 0) is 19.8 Å². The van der Waals surface area contributed by atoms with Crippen molar-refractivity contribution in [2.45, 2.75) is 45.2 Å². The summed E-state index contributed by atoms with van der Waals surface area (Å²) in [5.41, 5.74) is 0. The van der Waals surface area contributed by atoms with Crippen LogP contribution < -0.4 is 5.32 Å². The Hall–Kier alpha value is -1.13. The van der Waals surface area contributed by atoms with Crippen molar-refractivity contribution in [1.82, 2.24) is 10.2 Å².